The molecule has 0 bridgehead atoms. The molecule has 0 spiro atoms. The SMILES string of the molecule is Cc1c2n(c3c(-c4cccnc4)cc(Cl)cc13)CCNC2=O. The largest absolute Gasteiger partial charge is 0.349 e. The number of aromatic nitrogens is 2. The Bertz CT molecular complexity index is 899. The van der Waals surface area contributed by atoms with Crippen LogP contribution in [0.3, 0.4) is 0 Å². The number of nitrogens with zero attached hydrogens (tertiary/aromatic N) is 2. The van der Waals surface area contributed by atoms with Crippen molar-refractivity contribution in [1.82, 2.24) is 14.9 Å². The van der Waals surface area contributed by atoms with Crippen LogP contribution in [0.4, 0.5) is 0 Å². The summed E-state index contributed by atoms with van der Waals surface area (Å²) in [6, 6.07) is 7.79. The standard InChI is InChI=1S/C17H14ClN3O/c1-10-13-7-12(18)8-14(11-3-2-4-19-9-11)16(13)21-6-5-20-17(22)15(10)21/h2-4,7-9H,5-6H2,1H3,(H,20,22). The quantitative estimate of drug-likeness (QED) is 0.748. The highest BCUT2D eigenvalue weighted by molar-refractivity contribution is 6.32. The van der Waals surface area contributed by atoms with Crippen LogP contribution in [0.2, 0.25) is 5.02 Å². The number of nitrogens with one attached hydrogen (secondary N) is 1. The predicted molar refractivity (Wildman–Crippen MR) is 87.2 cm³/mol. The molecule has 1 aliphatic heterocycles. The smallest absolute Gasteiger partial charge is 0.268 e. The number of carbonyl (C=O) groups excluding carboxylic acids is 1. The van der Waals surface area contributed by atoms with Gasteiger partial charge in [-0.25, -0.2) is 0 Å². The van der Waals surface area contributed by atoms with Crippen molar-refractivity contribution in [3.8, 4) is 11.1 Å². The molecule has 5 heteroatoms. The van der Waals surface area contributed by atoms with E-state index in [0.717, 1.165) is 39.8 Å². The van der Waals surface area contributed by atoms with Crippen molar-refractivity contribution < 1.29 is 4.79 Å². The monoisotopic (exact) mass is 311 g/mol. The Hall–Kier alpha value is -2.33. The van der Waals surface area contributed by atoms with E-state index >= 15 is 0 Å². The summed E-state index contributed by atoms with van der Waals surface area (Å²) >= 11 is 6.32. The first kappa shape index (κ1) is 13.3. The van der Waals surface area contributed by atoms with Crippen LogP contribution < -0.4 is 5.32 Å². The lowest BCUT2D eigenvalue weighted by atomic mass is 10.0. The van der Waals surface area contributed by atoms with Crippen LogP contribution >= 0.6 is 11.6 Å². The normalized spacial score (nSPS) is 14.0. The Kier molecular flexibility index (Phi) is 2.94. The molecule has 1 aliphatic rings. The maximum absolute atomic E-state index is 12.2. The zero-order chi connectivity index (χ0) is 15.3. The van der Waals surface area contributed by atoms with E-state index in [4.69, 9.17) is 11.6 Å². The second-order valence-electron chi connectivity index (χ2n) is 5.47. The molecule has 4 nitrogen and oxygen atoms in total. The van der Waals surface area contributed by atoms with Crippen LogP contribution in [0.15, 0.2) is 36.7 Å². The fraction of sp³-hybridized carbons (Fsp3) is 0.176. The second kappa shape index (κ2) is 4.85. The van der Waals surface area contributed by atoms with Crippen LogP contribution in [-0.4, -0.2) is 22.0 Å². The van der Waals surface area contributed by atoms with Crippen molar-refractivity contribution in [1.29, 1.82) is 0 Å². The molecule has 2 aromatic heterocycles. The molecule has 0 unspecified atom stereocenters. The van der Waals surface area contributed by atoms with E-state index in [2.05, 4.69) is 14.9 Å². The van der Waals surface area contributed by atoms with Crippen LogP contribution in [0.25, 0.3) is 22.0 Å². The van der Waals surface area contributed by atoms with Crippen molar-refractivity contribution in [2.24, 2.45) is 0 Å². The van der Waals surface area contributed by atoms with Gasteiger partial charge < -0.3 is 9.88 Å². The molecule has 0 aliphatic carbocycles. The maximum Gasteiger partial charge on any atom is 0.268 e. The van der Waals surface area contributed by atoms with E-state index in [-0.39, 0.29) is 5.91 Å². The average Bonchev–Trinajstić information content (AvgIpc) is 2.82. The Labute approximate surface area is 132 Å². The van der Waals surface area contributed by atoms with E-state index in [9.17, 15) is 4.79 Å². The summed E-state index contributed by atoms with van der Waals surface area (Å²) < 4.78 is 2.10. The van der Waals surface area contributed by atoms with Crippen LogP contribution in [0.5, 0.6) is 0 Å². The van der Waals surface area contributed by atoms with Gasteiger partial charge in [0.1, 0.15) is 5.69 Å². The third kappa shape index (κ3) is 1.84. The van der Waals surface area contributed by atoms with E-state index in [1.54, 1.807) is 6.20 Å². The minimum Gasteiger partial charge on any atom is -0.349 e. The van der Waals surface area contributed by atoms with Gasteiger partial charge in [0, 0.05) is 47.0 Å². The van der Waals surface area contributed by atoms with Crippen molar-refractivity contribution in [3.05, 3.63) is 52.9 Å². The number of amides is 1. The van der Waals surface area contributed by atoms with Crippen molar-refractivity contribution in [2.75, 3.05) is 6.54 Å². The minimum absolute atomic E-state index is 0.0202. The molecule has 110 valence electrons. The number of pyridine rings is 1. The summed E-state index contributed by atoms with van der Waals surface area (Å²) in [6.45, 7) is 3.38. The summed E-state index contributed by atoms with van der Waals surface area (Å²) in [5.41, 5.74) is 4.77. The molecule has 22 heavy (non-hydrogen) atoms. The highest BCUT2D eigenvalue weighted by Crippen LogP contribution is 2.37. The molecular formula is C17H14ClN3O. The topological polar surface area (TPSA) is 46.9 Å². The van der Waals surface area contributed by atoms with E-state index in [1.165, 1.54) is 0 Å². The van der Waals surface area contributed by atoms with E-state index in [0.29, 0.717) is 11.6 Å². The number of carbonyl (C=O) groups is 1. The molecule has 1 aromatic carbocycles. The van der Waals surface area contributed by atoms with E-state index < -0.39 is 0 Å². The van der Waals surface area contributed by atoms with Crippen molar-refractivity contribution in [3.63, 3.8) is 0 Å². The number of aryl methyl sites for hydroxylation is 1. The Morgan fingerprint density at radius 1 is 1.36 bits per heavy atom. The first-order valence-corrected chi connectivity index (χ1v) is 7.55. The molecule has 1 N–H and O–H groups in total. The van der Waals surface area contributed by atoms with Gasteiger partial charge >= 0.3 is 0 Å². The van der Waals surface area contributed by atoms with Gasteiger partial charge in [-0.15, -0.1) is 0 Å². The molecule has 3 heterocycles. The Morgan fingerprint density at radius 2 is 2.23 bits per heavy atom. The van der Waals surface area contributed by atoms with Gasteiger partial charge in [-0.05, 0) is 30.7 Å². The molecule has 0 atom stereocenters. The summed E-state index contributed by atoms with van der Waals surface area (Å²) in [7, 11) is 0. The first-order valence-electron chi connectivity index (χ1n) is 7.18. The van der Waals surface area contributed by atoms with Crippen LogP contribution in [-0.2, 0) is 6.54 Å². The zero-order valence-corrected chi connectivity index (χ0v) is 12.8. The number of rotatable bonds is 1. The number of hydrogen-bond acceptors (Lipinski definition) is 2. The second-order valence-corrected chi connectivity index (χ2v) is 5.91. The first-order chi connectivity index (χ1) is 10.7. The Morgan fingerprint density at radius 3 is 3.00 bits per heavy atom. The van der Waals surface area contributed by atoms with Gasteiger partial charge in [0.25, 0.3) is 5.91 Å². The molecule has 0 saturated heterocycles. The van der Waals surface area contributed by atoms with Gasteiger partial charge in [-0.3, -0.25) is 9.78 Å². The highest BCUT2D eigenvalue weighted by Gasteiger charge is 2.25. The van der Waals surface area contributed by atoms with E-state index in [1.807, 2.05) is 37.4 Å². The summed E-state index contributed by atoms with van der Waals surface area (Å²) in [6.07, 6.45) is 3.57. The number of halogens is 1. The fourth-order valence-electron chi connectivity index (χ4n) is 3.24. The van der Waals surface area contributed by atoms with Gasteiger partial charge in [0.05, 0.1) is 5.52 Å². The lowest BCUT2D eigenvalue weighted by Gasteiger charge is -2.18. The van der Waals surface area contributed by atoms with Gasteiger partial charge in [0.15, 0.2) is 0 Å². The Balaban J connectivity index is 2.14. The van der Waals surface area contributed by atoms with Crippen molar-refractivity contribution in [2.45, 2.75) is 13.5 Å². The lowest BCUT2D eigenvalue weighted by molar-refractivity contribution is 0.0928. The number of fused-ring (bicyclic) bond motifs is 3. The molecule has 4 rings (SSSR count). The average molecular weight is 312 g/mol. The highest BCUT2D eigenvalue weighted by atomic mass is 35.5. The molecule has 3 aromatic rings. The summed E-state index contributed by atoms with van der Waals surface area (Å²) in [4.78, 5) is 16.4. The van der Waals surface area contributed by atoms with Gasteiger partial charge in [-0.2, -0.15) is 0 Å². The minimum atomic E-state index is -0.0202. The molecule has 0 fully saturated rings. The van der Waals surface area contributed by atoms with Gasteiger partial charge in [0.2, 0.25) is 0 Å². The van der Waals surface area contributed by atoms with Crippen LogP contribution in [0, 0.1) is 6.92 Å². The zero-order valence-electron chi connectivity index (χ0n) is 12.1. The van der Waals surface area contributed by atoms with Gasteiger partial charge in [-0.1, -0.05) is 17.7 Å². The lowest BCUT2D eigenvalue weighted by Crippen LogP contribution is -2.35. The summed E-state index contributed by atoms with van der Waals surface area (Å²) in [5.74, 6) is -0.0202. The molecule has 0 saturated carbocycles. The molecule has 1 amide bonds. The number of hydrogen-bond donors (Lipinski definition) is 1. The van der Waals surface area contributed by atoms with Crippen molar-refractivity contribution >= 4 is 28.4 Å². The third-order valence-corrected chi connectivity index (χ3v) is 4.40. The fourth-order valence-corrected chi connectivity index (χ4v) is 3.46. The predicted octanol–water partition coefficient (Wildman–Crippen LogP) is 3.41. The number of benzene rings is 1. The summed E-state index contributed by atoms with van der Waals surface area (Å²) in [5, 5.41) is 4.60. The van der Waals surface area contributed by atoms with Crippen LogP contribution in [0.1, 0.15) is 16.1 Å². The molecular weight excluding hydrogens is 298 g/mol. The maximum atomic E-state index is 12.2. The third-order valence-electron chi connectivity index (χ3n) is 4.18. The molecule has 0 radical (unpaired) electrons.